The SMILES string of the molecule is Cc1cc(CN2CCN[C@@H](C)C2)c(C)c(Nc2nnc(C(C)O)o2)c1.Cl.Cl. The van der Waals surface area contributed by atoms with Crippen LogP contribution in [0, 0.1) is 13.8 Å². The summed E-state index contributed by atoms with van der Waals surface area (Å²) >= 11 is 0. The number of halogens is 2. The van der Waals surface area contributed by atoms with Gasteiger partial charge < -0.3 is 20.2 Å². The molecule has 7 nitrogen and oxygen atoms in total. The Bertz CT molecular complexity index is 739. The number of hydrogen-bond donors (Lipinski definition) is 3. The van der Waals surface area contributed by atoms with Gasteiger partial charge in [-0.3, -0.25) is 4.90 Å². The Morgan fingerprint density at radius 2 is 2.07 bits per heavy atom. The first-order valence-electron chi connectivity index (χ1n) is 8.76. The maximum atomic E-state index is 9.51. The highest BCUT2D eigenvalue weighted by Crippen LogP contribution is 2.26. The summed E-state index contributed by atoms with van der Waals surface area (Å²) in [6, 6.07) is 5.13. The number of rotatable bonds is 5. The molecule has 3 rings (SSSR count). The molecule has 1 fully saturated rings. The third-order valence-electron chi connectivity index (χ3n) is 4.55. The molecule has 1 aromatic carbocycles. The molecule has 0 saturated carbocycles. The number of aryl methyl sites for hydroxylation is 1. The Balaban J connectivity index is 0.00000182. The molecule has 0 bridgehead atoms. The van der Waals surface area contributed by atoms with Gasteiger partial charge in [0.2, 0.25) is 5.89 Å². The van der Waals surface area contributed by atoms with E-state index in [-0.39, 0.29) is 30.7 Å². The quantitative estimate of drug-likeness (QED) is 0.688. The van der Waals surface area contributed by atoms with E-state index in [9.17, 15) is 5.11 Å². The summed E-state index contributed by atoms with van der Waals surface area (Å²) < 4.78 is 5.45. The van der Waals surface area contributed by atoms with Crippen molar-refractivity contribution >= 4 is 36.5 Å². The highest BCUT2D eigenvalue weighted by atomic mass is 35.5. The second kappa shape index (κ2) is 10.2. The van der Waals surface area contributed by atoms with E-state index in [1.165, 1.54) is 16.7 Å². The zero-order valence-corrected chi connectivity index (χ0v) is 17.8. The van der Waals surface area contributed by atoms with E-state index in [4.69, 9.17) is 4.42 Å². The minimum atomic E-state index is -0.771. The summed E-state index contributed by atoms with van der Waals surface area (Å²) in [6.07, 6.45) is -0.771. The van der Waals surface area contributed by atoms with E-state index < -0.39 is 6.10 Å². The molecule has 1 aliphatic rings. The Morgan fingerprint density at radius 3 is 2.70 bits per heavy atom. The number of nitrogens with zero attached hydrogens (tertiary/aromatic N) is 3. The first-order valence-corrected chi connectivity index (χ1v) is 8.76. The minimum Gasteiger partial charge on any atom is -0.405 e. The summed E-state index contributed by atoms with van der Waals surface area (Å²) in [5.74, 6) is 0.211. The number of benzene rings is 1. The molecule has 0 amide bonds. The predicted octanol–water partition coefficient (Wildman–Crippen LogP) is 3.12. The fourth-order valence-corrected chi connectivity index (χ4v) is 3.19. The third kappa shape index (κ3) is 6.05. The lowest BCUT2D eigenvalue weighted by Gasteiger charge is -2.32. The molecule has 9 heteroatoms. The molecule has 152 valence electrons. The van der Waals surface area contributed by atoms with Gasteiger partial charge in [-0.25, -0.2) is 0 Å². The lowest BCUT2D eigenvalue weighted by atomic mass is 10.0. The number of aromatic nitrogens is 2. The molecule has 2 heterocycles. The van der Waals surface area contributed by atoms with Crippen molar-refractivity contribution in [1.29, 1.82) is 0 Å². The molecule has 0 radical (unpaired) electrons. The third-order valence-corrected chi connectivity index (χ3v) is 4.55. The predicted molar refractivity (Wildman–Crippen MR) is 111 cm³/mol. The summed E-state index contributed by atoms with van der Waals surface area (Å²) in [7, 11) is 0. The molecule has 2 atom stereocenters. The molecule has 1 aromatic heterocycles. The van der Waals surface area contributed by atoms with Crippen LogP contribution < -0.4 is 10.6 Å². The molecular formula is C18H29Cl2N5O2. The van der Waals surface area contributed by atoms with Gasteiger partial charge in [0, 0.05) is 37.9 Å². The van der Waals surface area contributed by atoms with Crippen LogP contribution in [0.25, 0.3) is 0 Å². The molecule has 0 spiro atoms. The lowest BCUT2D eigenvalue weighted by molar-refractivity contribution is 0.164. The summed E-state index contributed by atoms with van der Waals surface area (Å²) in [5.41, 5.74) is 4.61. The van der Waals surface area contributed by atoms with Gasteiger partial charge in [-0.15, -0.1) is 29.9 Å². The van der Waals surface area contributed by atoms with Crippen LogP contribution in [0.15, 0.2) is 16.5 Å². The summed E-state index contributed by atoms with van der Waals surface area (Å²) in [4.78, 5) is 2.48. The number of anilines is 2. The maximum Gasteiger partial charge on any atom is 0.320 e. The monoisotopic (exact) mass is 417 g/mol. The van der Waals surface area contributed by atoms with E-state index >= 15 is 0 Å². The van der Waals surface area contributed by atoms with Gasteiger partial charge in [-0.1, -0.05) is 11.2 Å². The van der Waals surface area contributed by atoms with Crippen LogP contribution in [0.3, 0.4) is 0 Å². The van der Waals surface area contributed by atoms with Gasteiger partial charge in [0.25, 0.3) is 0 Å². The minimum absolute atomic E-state index is 0. The Hall–Kier alpha value is -1.38. The number of aliphatic hydroxyl groups excluding tert-OH is 1. The number of aliphatic hydroxyl groups is 1. The standard InChI is InChI=1S/C18H27N5O2.2ClH/c1-11-7-15(10-23-6-5-19-12(2)9-23)13(3)16(8-11)20-18-22-21-17(25-18)14(4)24;;/h7-8,12,14,19,24H,5-6,9-10H2,1-4H3,(H,20,22);2*1H/t12-,14?;;/m0../s1. The van der Waals surface area contributed by atoms with E-state index in [1.807, 2.05) is 0 Å². The van der Waals surface area contributed by atoms with Gasteiger partial charge >= 0.3 is 6.01 Å². The van der Waals surface area contributed by atoms with Crippen molar-refractivity contribution in [3.8, 4) is 0 Å². The second-order valence-electron chi connectivity index (χ2n) is 6.93. The second-order valence-corrected chi connectivity index (χ2v) is 6.93. The summed E-state index contributed by atoms with van der Waals surface area (Å²) in [5, 5.41) is 24.0. The largest absolute Gasteiger partial charge is 0.405 e. The van der Waals surface area contributed by atoms with E-state index in [0.29, 0.717) is 12.1 Å². The van der Waals surface area contributed by atoms with Gasteiger partial charge in [-0.05, 0) is 50.5 Å². The normalized spacial score (nSPS) is 18.3. The van der Waals surface area contributed by atoms with E-state index in [1.54, 1.807) is 6.92 Å². The summed E-state index contributed by atoms with van der Waals surface area (Å²) in [6.45, 7) is 12.1. The van der Waals surface area contributed by atoms with Crippen LogP contribution in [-0.4, -0.2) is 45.9 Å². The zero-order chi connectivity index (χ0) is 18.0. The van der Waals surface area contributed by atoms with Crippen LogP contribution in [0.5, 0.6) is 0 Å². The Kier molecular flexibility index (Phi) is 8.98. The van der Waals surface area contributed by atoms with Gasteiger partial charge in [-0.2, -0.15) is 0 Å². The van der Waals surface area contributed by atoms with Crippen molar-refractivity contribution in [3.63, 3.8) is 0 Å². The molecule has 0 aliphatic carbocycles. The number of nitrogens with one attached hydrogen (secondary N) is 2. The molecule has 2 aromatic rings. The van der Waals surface area contributed by atoms with Crippen molar-refractivity contribution in [2.24, 2.45) is 0 Å². The van der Waals surface area contributed by atoms with Crippen molar-refractivity contribution in [2.45, 2.75) is 46.4 Å². The Labute approximate surface area is 172 Å². The van der Waals surface area contributed by atoms with Crippen LogP contribution in [0.4, 0.5) is 11.7 Å². The van der Waals surface area contributed by atoms with Crippen molar-refractivity contribution < 1.29 is 9.52 Å². The number of piperazine rings is 1. The number of hydrogen-bond acceptors (Lipinski definition) is 7. The highest BCUT2D eigenvalue weighted by Gasteiger charge is 2.18. The lowest BCUT2D eigenvalue weighted by Crippen LogP contribution is -2.48. The maximum absolute atomic E-state index is 9.51. The van der Waals surface area contributed by atoms with Crippen molar-refractivity contribution in [2.75, 3.05) is 25.0 Å². The fourth-order valence-electron chi connectivity index (χ4n) is 3.19. The average Bonchev–Trinajstić information content (AvgIpc) is 3.01. The van der Waals surface area contributed by atoms with Gasteiger partial charge in [0.05, 0.1) is 0 Å². The van der Waals surface area contributed by atoms with Crippen LogP contribution >= 0.6 is 24.8 Å². The topological polar surface area (TPSA) is 86.5 Å². The van der Waals surface area contributed by atoms with Crippen molar-refractivity contribution in [3.05, 3.63) is 34.7 Å². The van der Waals surface area contributed by atoms with Gasteiger partial charge in [0.1, 0.15) is 6.10 Å². The van der Waals surface area contributed by atoms with Crippen LogP contribution in [0.1, 0.15) is 42.5 Å². The smallest absolute Gasteiger partial charge is 0.320 e. The van der Waals surface area contributed by atoms with Crippen LogP contribution in [0.2, 0.25) is 0 Å². The first-order chi connectivity index (χ1) is 11.9. The molecule has 1 aliphatic heterocycles. The van der Waals surface area contributed by atoms with Crippen LogP contribution in [-0.2, 0) is 6.54 Å². The average molecular weight is 418 g/mol. The molecule has 27 heavy (non-hydrogen) atoms. The fraction of sp³-hybridized carbons (Fsp3) is 0.556. The Morgan fingerprint density at radius 1 is 1.33 bits per heavy atom. The highest BCUT2D eigenvalue weighted by molar-refractivity contribution is 5.85. The van der Waals surface area contributed by atoms with Crippen molar-refractivity contribution in [1.82, 2.24) is 20.4 Å². The molecule has 1 unspecified atom stereocenters. The zero-order valence-electron chi connectivity index (χ0n) is 16.2. The van der Waals surface area contributed by atoms with E-state index in [0.717, 1.165) is 31.9 Å². The molecular weight excluding hydrogens is 389 g/mol. The van der Waals surface area contributed by atoms with E-state index in [2.05, 4.69) is 58.6 Å². The van der Waals surface area contributed by atoms with Gasteiger partial charge in [0.15, 0.2) is 0 Å². The first kappa shape index (κ1) is 23.7. The molecule has 3 N–H and O–H groups in total. The molecule has 1 saturated heterocycles.